The molecular weight excluding hydrogens is 288 g/mol. The summed E-state index contributed by atoms with van der Waals surface area (Å²) in [4.78, 5) is 39.2. The number of amides is 3. The number of rotatable bonds is 6. The van der Waals surface area contributed by atoms with Gasteiger partial charge in [-0.25, -0.2) is 0 Å². The van der Waals surface area contributed by atoms with Gasteiger partial charge in [-0.15, -0.1) is 11.3 Å². The Balaban J connectivity index is 1.85. The maximum atomic E-state index is 12.2. The maximum absolute atomic E-state index is 12.2. The van der Waals surface area contributed by atoms with Crippen molar-refractivity contribution in [1.82, 2.24) is 10.2 Å². The van der Waals surface area contributed by atoms with Crippen molar-refractivity contribution >= 4 is 29.1 Å². The minimum atomic E-state index is -0.626. The molecule has 0 bridgehead atoms. The average molecular weight is 308 g/mol. The van der Waals surface area contributed by atoms with Gasteiger partial charge in [0.15, 0.2) is 0 Å². The van der Waals surface area contributed by atoms with E-state index in [-0.39, 0.29) is 24.1 Å². The van der Waals surface area contributed by atoms with Crippen LogP contribution in [0, 0.1) is 6.92 Å². The van der Waals surface area contributed by atoms with E-state index in [1.165, 1.54) is 14.7 Å². The van der Waals surface area contributed by atoms with Gasteiger partial charge in [-0.3, -0.25) is 19.7 Å². The standard InChI is InChI=1S/C15H20N2O3S/c1-3-17(12-9-13(18)16-15(12)20)14(19)6-4-5-11-8-7-10(2)21-11/h7-8,12H,3-6,9H2,1-2H3,(H,16,18,20). The summed E-state index contributed by atoms with van der Waals surface area (Å²) in [6, 6.07) is 3.54. The van der Waals surface area contributed by atoms with E-state index in [9.17, 15) is 14.4 Å². The highest BCUT2D eigenvalue weighted by Crippen LogP contribution is 2.18. The number of nitrogens with one attached hydrogen (secondary N) is 1. The second-order valence-corrected chi connectivity index (χ2v) is 6.55. The zero-order valence-corrected chi connectivity index (χ0v) is 13.2. The molecule has 0 saturated carbocycles. The first-order valence-electron chi connectivity index (χ1n) is 7.19. The van der Waals surface area contributed by atoms with Crippen molar-refractivity contribution in [3.8, 4) is 0 Å². The number of nitrogens with zero attached hydrogens (tertiary/aromatic N) is 1. The van der Waals surface area contributed by atoms with Crippen LogP contribution in [0.5, 0.6) is 0 Å². The fraction of sp³-hybridized carbons (Fsp3) is 0.533. The third-order valence-corrected chi connectivity index (χ3v) is 4.65. The Morgan fingerprint density at radius 3 is 2.71 bits per heavy atom. The third kappa shape index (κ3) is 3.91. The van der Waals surface area contributed by atoms with Gasteiger partial charge in [0.1, 0.15) is 6.04 Å². The van der Waals surface area contributed by atoms with Gasteiger partial charge in [0.2, 0.25) is 17.7 Å². The van der Waals surface area contributed by atoms with Crippen molar-refractivity contribution < 1.29 is 14.4 Å². The van der Waals surface area contributed by atoms with Crippen LogP contribution < -0.4 is 5.32 Å². The van der Waals surface area contributed by atoms with Gasteiger partial charge in [0, 0.05) is 22.7 Å². The Bertz CT molecular complexity index is 553. The molecule has 1 aliphatic heterocycles. The minimum absolute atomic E-state index is 0.0550. The van der Waals surface area contributed by atoms with Crippen molar-refractivity contribution in [1.29, 1.82) is 0 Å². The van der Waals surface area contributed by atoms with Gasteiger partial charge in [-0.05, 0) is 38.8 Å². The molecule has 1 aliphatic rings. The number of carbonyl (C=O) groups excluding carboxylic acids is 3. The van der Waals surface area contributed by atoms with Crippen LogP contribution in [0.25, 0.3) is 0 Å². The summed E-state index contributed by atoms with van der Waals surface area (Å²) in [7, 11) is 0. The predicted octanol–water partition coefficient (Wildman–Crippen LogP) is 1.64. The number of aryl methyl sites for hydroxylation is 2. The minimum Gasteiger partial charge on any atom is -0.330 e. The van der Waals surface area contributed by atoms with E-state index in [4.69, 9.17) is 0 Å². The quantitative estimate of drug-likeness (QED) is 0.813. The average Bonchev–Trinajstić information content (AvgIpc) is 2.97. The predicted molar refractivity (Wildman–Crippen MR) is 80.9 cm³/mol. The number of imide groups is 1. The molecule has 6 heteroatoms. The Kier molecular flexibility index (Phi) is 5.12. The molecule has 1 fully saturated rings. The summed E-state index contributed by atoms with van der Waals surface area (Å²) < 4.78 is 0. The van der Waals surface area contributed by atoms with Crippen LogP contribution in [-0.4, -0.2) is 35.2 Å². The first kappa shape index (κ1) is 15.7. The first-order valence-corrected chi connectivity index (χ1v) is 8.01. The highest BCUT2D eigenvalue weighted by molar-refractivity contribution is 7.11. The van der Waals surface area contributed by atoms with Crippen LogP contribution in [0.3, 0.4) is 0 Å². The molecule has 21 heavy (non-hydrogen) atoms. The molecule has 2 rings (SSSR count). The van der Waals surface area contributed by atoms with Gasteiger partial charge >= 0.3 is 0 Å². The van der Waals surface area contributed by atoms with Crippen LogP contribution in [0.15, 0.2) is 12.1 Å². The number of thiophene rings is 1. The molecule has 3 amide bonds. The summed E-state index contributed by atoms with van der Waals surface area (Å²) in [6.45, 7) is 4.34. The van der Waals surface area contributed by atoms with Gasteiger partial charge in [-0.1, -0.05) is 0 Å². The third-order valence-electron chi connectivity index (χ3n) is 3.59. The molecule has 2 heterocycles. The maximum Gasteiger partial charge on any atom is 0.249 e. The lowest BCUT2D eigenvalue weighted by atomic mass is 10.1. The van der Waals surface area contributed by atoms with E-state index in [0.717, 1.165) is 12.8 Å². The summed E-state index contributed by atoms with van der Waals surface area (Å²) in [6.07, 6.45) is 2.13. The molecule has 5 nitrogen and oxygen atoms in total. The van der Waals surface area contributed by atoms with E-state index >= 15 is 0 Å². The van der Waals surface area contributed by atoms with Crippen molar-refractivity contribution in [2.45, 2.75) is 45.6 Å². The van der Waals surface area contributed by atoms with Crippen LogP contribution >= 0.6 is 11.3 Å². The molecule has 1 saturated heterocycles. The Morgan fingerprint density at radius 2 is 2.19 bits per heavy atom. The zero-order valence-electron chi connectivity index (χ0n) is 12.3. The molecule has 0 aromatic carbocycles. The summed E-state index contributed by atoms with van der Waals surface area (Å²) in [5.74, 6) is -0.713. The normalized spacial score (nSPS) is 17.9. The molecule has 1 aromatic heterocycles. The highest BCUT2D eigenvalue weighted by atomic mass is 32.1. The van der Waals surface area contributed by atoms with Crippen LogP contribution in [0.2, 0.25) is 0 Å². The Hall–Kier alpha value is -1.69. The number of carbonyl (C=O) groups is 3. The molecule has 1 atom stereocenters. The number of hydrogen-bond acceptors (Lipinski definition) is 4. The highest BCUT2D eigenvalue weighted by Gasteiger charge is 2.36. The Morgan fingerprint density at radius 1 is 1.43 bits per heavy atom. The molecule has 1 aromatic rings. The zero-order chi connectivity index (χ0) is 15.4. The SMILES string of the molecule is CCN(C(=O)CCCc1ccc(C)s1)C1CC(=O)NC1=O. The largest absolute Gasteiger partial charge is 0.330 e. The number of hydrogen-bond donors (Lipinski definition) is 1. The second-order valence-electron chi connectivity index (χ2n) is 5.18. The van der Waals surface area contributed by atoms with Crippen molar-refractivity contribution in [2.75, 3.05) is 6.54 Å². The number of likely N-dealkylation sites (N-methyl/N-ethyl adjacent to an activating group) is 1. The summed E-state index contributed by atoms with van der Waals surface area (Å²) >= 11 is 1.75. The van der Waals surface area contributed by atoms with Crippen LogP contribution in [-0.2, 0) is 20.8 Å². The van der Waals surface area contributed by atoms with E-state index in [2.05, 4.69) is 24.4 Å². The van der Waals surface area contributed by atoms with E-state index < -0.39 is 6.04 Å². The van der Waals surface area contributed by atoms with Crippen molar-refractivity contribution in [2.24, 2.45) is 0 Å². The molecule has 0 spiro atoms. The lowest BCUT2D eigenvalue weighted by molar-refractivity contribution is -0.138. The van der Waals surface area contributed by atoms with Crippen molar-refractivity contribution in [3.05, 3.63) is 21.9 Å². The molecule has 0 aliphatic carbocycles. The van der Waals surface area contributed by atoms with E-state index in [1.807, 2.05) is 6.92 Å². The van der Waals surface area contributed by atoms with E-state index in [0.29, 0.717) is 13.0 Å². The Labute approximate surface area is 128 Å². The first-order chi connectivity index (χ1) is 10.0. The molecular formula is C15H20N2O3S. The monoisotopic (exact) mass is 308 g/mol. The smallest absolute Gasteiger partial charge is 0.249 e. The van der Waals surface area contributed by atoms with Crippen molar-refractivity contribution in [3.63, 3.8) is 0 Å². The van der Waals surface area contributed by atoms with Crippen LogP contribution in [0.1, 0.15) is 35.9 Å². The molecule has 1 unspecified atom stereocenters. The van der Waals surface area contributed by atoms with Gasteiger partial charge in [-0.2, -0.15) is 0 Å². The second kappa shape index (κ2) is 6.85. The fourth-order valence-electron chi connectivity index (χ4n) is 2.54. The molecule has 0 radical (unpaired) electrons. The molecule has 114 valence electrons. The van der Waals surface area contributed by atoms with Gasteiger partial charge < -0.3 is 4.90 Å². The lowest BCUT2D eigenvalue weighted by Crippen LogP contribution is -2.44. The van der Waals surface area contributed by atoms with Gasteiger partial charge in [0.25, 0.3) is 0 Å². The molecule has 1 N–H and O–H groups in total. The lowest BCUT2D eigenvalue weighted by Gasteiger charge is -2.25. The fourth-order valence-corrected chi connectivity index (χ4v) is 3.47. The van der Waals surface area contributed by atoms with E-state index in [1.54, 1.807) is 11.3 Å². The summed E-state index contributed by atoms with van der Waals surface area (Å²) in [5, 5.41) is 2.25. The van der Waals surface area contributed by atoms with Gasteiger partial charge in [0.05, 0.1) is 6.42 Å². The topological polar surface area (TPSA) is 66.5 Å². The summed E-state index contributed by atoms with van der Waals surface area (Å²) in [5.41, 5.74) is 0. The van der Waals surface area contributed by atoms with Crippen LogP contribution in [0.4, 0.5) is 0 Å².